The van der Waals surface area contributed by atoms with E-state index in [2.05, 4.69) is 140 Å². The summed E-state index contributed by atoms with van der Waals surface area (Å²) in [5.41, 5.74) is 12.1. The van der Waals surface area contributed by atoms with Crippen LogP contribution in [0.5, 0.6) is 0 Å². The number of benzene rings is 4. The molecule has 5 aromatic heterocycles. The topological polar surface area (TPSA) is 48.5 Å². The molecule has 0 saturated heterocycles. The highest BCUT2D eigenvalue weighted by Crippen LogP contribution is 2.41. The molecule has 5 heterocycles. The van der Waals surface area contributed by atoms with Crippen LogP contribution in [0.3, 0.4) is 0 Å². The zero-order chi connectivity index (χ0) is 29.0. The summed E-state index contributed by atoms with van der Waals surface area (Å²) in [6, 6.07) is 42.9. The van der Waals surface area contributed by atoms with Crippen LogP contribution in [0.15, 0.2) is 152 Å². The molecule has 0 aliphatic rings. The summed E-state index contributed by atoms with van der Waals surface area (Å²) in [4.78, 5) is 13.7. The van der Waals surface area contributed by atoms with Crippen molar-refractivity contribution in [2.24, 2.45) is 0 Å². The fourth-order valence-corrected chi connectivity index (χ4v) is 6.61. The maximum absolute atomic E-state index is 5.15. The Hall–Kier alpha value is -6.07. The number of hydrogen-bond donors (Lipinski definition) is 0. The minimum absolute atomic E-state index is 0.980. The number of fused-ring (bicyclic) bond motifs is 7. The monoisotopic (exact) mass is 563 g/mol. The van der Waals surface area contributed by atoms with E-state index in [1.807, 2.05) is 31.0 Å². The number of nitrogens with zero attached hydrogens (tertiary/aromatic N) is 5. The molecule has 0 saturated carbocycles. The van der Waals surface area contributed by atoms with Crippen LogP contribution in [-0.4, -0.2) is 24.1 Å². The van der Waals surface area contributed by atoms with Gasteiger partial charge in [0.2, 0.25) is 0 Å². The van der Waals surface area contributed by atoms with E-state index in [4.69, 9.17) is 4.98 Å². The van der Waals surface area contributed by atoms with Gasteiger partial charge in [-0.05, 0) is 89.0 Å². The van der Waals surface area contributed by atoms with Gasteiger partial charge in [-0.1, -0.05) is 54.6 Å². The van der Waals surface area contributed by atoms with Gasteiger partial charge in [0, 0.05) is 58.5 Å². The molecule has 206 valence electrons. The molecule has 0 aliphatic heterocycles. The summed E-state index contributed by atoms with van der Waals surface area (Å²) in [6.07, 6.45) is 9.44. The van der Waals surface area contributed by atoms with Gasteiger partial charge < -0.3 is 9.13 Å². The molecular formula is C39H25N5. The smallest absolute Gasteiger partial charge is 0.0985 e. The summed E-state index contributed by atoms with van der Waals surface area (Å²) < 4.78 is 4.79. The molecule has 0 aliphatic carbocycles. The summed E-state index contributed by atoms with van der Waals surface area (Å²) in [5, 5.41) is 3.43. The predicted octanol–water partition coefficient (Wildman–Crippen LogP) is 9.40. The second-order valence-electron chi connectivity index (χ2n) is 11.0. The molecule has 0 bridgehead atoms. The van der Waals surface area contributed by atoms with Crippen molar-refractivity contribution < 1.29 is 0 Å². The standard InChI is InChI=1S/C39H25N5/c1-2-8-30(9-3-1)43-35-12-6-4-10-32(35)34-25-42-37-33-11-5-7-13-36(33)44(39(37)38(34)43)31-23-28(26-14-18-40-19-15-26)22-29(24-31)27-16-20-41-21-17-27/h1-25H. The van der Waals surface area contributed by atoms with Crippen LogP contribution >= 0.6 is 0 Å². The average molecular weight is 564 g/mol. The predicted molar refractivity (Wildman–Crippen MR) is 179 cm³/mol. The highest BCUT2D eigenvalue weighted by Gasteiger charge is 2.22. The minimum Gasteiger partial charge on any atom is -0.307 e. The van der Waals surface area contributed by atoms with Crippen LogP contribution < -0.4 is 0 Å². The third-order valence-electron chi connectivity index (χ3n) is 8.53. The number of aromatic nitrogens is 5. The van der Waals surface area contributed by atoms with Crippen molar-refractivity contribution in [2.45, 2.75) is 0 Å². The van der Waals surface area contributed by atoms with E-state index in [-0.39, 0.29) is 0 Å². The molecule has 9 rings (SSSR count). The molecule has 4 aromatic carbocycles. The molecule has 0 fully saturated rings. The van der Waals surface area contributed by atoms with Gasteiger partial charge in [0.15, 0.2) is 0 Å². The molecule has 5 heteroatoms. The lowest BCUT2D eigenvalue weighted by atomic mass is 9.99. The highest BCUT2D eigenvalue weighted by molar-refractivity contribution is 6.22. The molecule has 9 aromatic rings. The maximum atomic E-state index is 5.15. The molecule has 0 radical (unpaired) electrons. The number of hydrogen-bond acceptors (Lipinski definition) is 3. The van der Waals surface area contributed by atoms with Gasteiger partial charge in [-0.15, -0.1) is 0 Å². The first-order chi connectivity index (χ1) is 21.8. The average Bonchev–Trinajstić information content (AvgIpc) is 3.62. The van der Waals surface area contributed by atoms with Crippen molar-refractivity contribution in [3.05, 3.63) is 152 Å². The van der Waals surface area contributed by atoms with E-state index in [1.165, 1.54) is 5.39 Å². The number of para-hydroxylation sites is 3. The molecule has 0 amide bonds. The molecule has 0 unspecified atom stereocenters. The third kappa shape index (κ3) is 3.69. The lowest BCUT2D eigenvalue weighted by molar-refractivity contribution is 1.15. The van der Waals surface area contributed by atoms with Crippen molar-refractivity contribution in [2.75, 3.05) is 0 Å². The Labute approximate surface area is 253 Å². The van der Waals surface area contributed by atoms with Crippen LogP contribution in [-0.2, 0) is 0 Å². The van der Waals surface area contributed by atoms with Gasteiger partial charge in [-0.2, -0.15) is 0 Å². The summed E-state index contributed by atoms with van der Waals surface area (Å²) in [6.45, 7) is 0. The van der Waals surface area contributed by atoms with E-state index in [1.54, 1.807) is 0 Å². The zero-order valence-corrected chi connectivity index (χ0v) is 23.7. The molecule has 5 nitrogen and oxygen atoms in total. The normalized spacial score (nSPS) is 11.6. The SMILES string of the molecule is c1ccc(-n2c3ccccc3c3cnc4c5ccccc5n(-c5cc(-c6ccncc6)cc(-c6ccncc6)c5)c4c32)cc1. The van der Waals surface area contributed by atoms with Crippen molar-refractivity contribution in [1.29, 1.82) is 0 Å². The molecule has 0 spiro atoms. The van der Waals surface area contributed by atoms with E-state index < -0.39 is 0 Å². The second-order valence-corrected chi connectivity index (χ2v) is 11.0. The van der Waals surface area contributed by atoms with Crippen molar-refractivity contribution in [3.63, 3.8) is 0 Å². The first kappa shape index (κ1) is 24.5. The van der Waals surface area contributed by atoms with Crippen LogP contribution in [0.1, 0.15) is 0 Å². The summed E-state index contributed by atoms with van der Waals surface area (Å²) in [5.74, 6) is 0. The van der Waals surface area contributed by atoms with Crippen LogP contribution in [0.2, 0.25) is 0 Å². The first-order valence-electron chi connectivity index (χ1n) is 14.7. The van der Waals surface area contributed by atoms with Crippen molar-refractivity contribution >= 4 is 43.7 Å². The van der Waals surface area contributed by atoms with Gasteiger partial charge in [0.25, 0.3) is 0 Å². The van der Waals surface area contributed by atoms with E-state index in [0.29, 0.717) is 0 Å². The lowest BCUT2D eigenvalue weighted by Crippen LogP contribution is -2.00. The Balaban J connectivity index is 1.48. The van der Waals surface area contributed by atoms with Gasteiger partial charge in [-0.25, -0.2) is 0 Å². The van der Waals surface area contributed by atoms with Crippen LogP contribution in [0.25, 0.3) is 77.4 Å². The lowest BCUT2D eigenvalue weighted by Gasteiger charge is -2.15. The minimum atomic E-state index is 0.980. The Morgan fingerprint density at radius 2 is 0.955 bits per heavy atom. The maximum Gasteiger partial charge on any atom is 0.0985 e. The quantitative estimate of drug-likeness (QED) is 0.214. The Morgan fingerprint density at radius 1 is 0.409 bits per heavy atom. The second kappa shape index (κ2) is 9.75. The fourth-order valence-electron chi connectivity index (χ4n) is 6.61. The van der Waals surface area contributed by atoms with Gasteiger partial charge in [0.1, 0.15) is 0 Å². The molecular weight excluding hydrogens is 538 g/mol. The first-order valence-corrected chi connectivity index (χ1v) is 14.7. The van der Waals surface area contributed by atoms with Crippen LogP contribution in [0.4, 0.5) is 0 Å². The van der Waals surface area contributed by atoms with Gasteiger partial charge in [-0.3, -0.25) is 15.0 Å². The Bertz CT molecular complexity index is 2420. The molecule has 44 heavy (non-hydrogen) atoms. The van der Waals surface area contributed by atoms with Crippen LogP contribution in [0, 0.1) is 0 Å². The van der Waals surface area contributed by atoms with Gasteiger partial charge >= 0.3 is 0 Å². The Morgan fingerprint density at radius 3 is 1.61 bits per heavy atom. The van der Waals surface area contributed by atoms with E-state index >= 15 is 0 Å². The molecule has 0 atom stereocenters. The van der Waals surface area contributed by atoms with E-state index in [0.717, 1.165) is 72.0 Å². The summed E-state index contributed by atoms with van der Waals surface area (Å²) in [7, 11) is 0. The Kier molecular flexibility index (Phi) is 5.43. The van der Waals surface area contributed by atoms with Gasteiger partial charge in [0.05, 0.1) is 27.6 Å². The highest BCUT2D eigenvalue weighted by atomic mass is 15.1. The number of pyridine rings is 3. The van der Waals surface area contributed by atoms with E-state index in [9.17, 15) is 0 Å². The zero-order valence-electron chi connectivity index (χ0n) is 23.7. The fraction of sp³-hybridized carbons (Fsp3) is 0. The van der Waals surface area contributed by atoms with Crippen molar-refractivity contribution in [1.82, 2.24) is 24.1 Å². The third-order valence-corrected chi connectivity index (χ3v) is 8.53. The number of rotatable bonds is 4. The molecule has 0 N–H and O–H groups in total. The summed E-state index contributed by atoms with van der Waals surface area (Å²) >= 11 is 0. The van der Waals surface area contributed by atoms with Crippen molar-refractivity contribution in [3.8, 4) is 33.6 Å². The largest absolute Gasteiger partial charge is 0.307 e.